The molecule has 1 aliphatic heterocycles. The Kier molecular flexibility index (Phi) is 6.16. The van der Waals surface area contributed by atoms with Crippen LogP contribution in [-0.4, -0.2) is 29.6 Å². The van der Waals surface area contributed by atoms with E-state index in [2.05, 4.69) is 11.0 Å². The van der Waals surface area contributed by atoms with Crippen LogP contribution in [0.4, 0.5) is 4.39 Å². The zero-order valence-corrected chi connectivity index (χ0v) is 12.3. The fourth-order valence-electron chi connectivity index (χ4n) is 2.96. The molecule has 1 saturated heterocycles. The molecule has 1 atom stereocenters. The summed E-state index contributed by atoms with van der Waals surface area (Å²) in [5.41, 5.74) is 0.809. The Hall–Kier alpha value is -1.44. The fraction of sp³-hybridized carbons (Fsp3) is 0.588. The first-order chi connectivity index (χ1) is 10.2. The van der Waals surface area contributed by atoms with Crippen LogP contribution in [0.1, 0.15) is 43.8 Å². The highest BCUT2D eigenvalue weighted by Crippen LogP contribution is 2.30. The first kappa shape index (κ1) is 15.9. The zero-order chi connectivity index (χ0) is 15.1. The largest absolute Gasteiger partial charge is 0.388 e. The van der Waals surface area contributed by atoms with Crippen LogP contribution in [0.5, 0.6) is 0 Å². The molecule has 4 heteroatoms. The molecule has 114 valence electrons. The summed E-state index contributed by atoms with van der Waals surface area (Å²) in [5, 5.41) is 18.9. The summed E-state index contributed by atoms with van der Waals surface area (Å²) in [6.07, 6.45) is 4.12. The number of aliphatic hydroxyl groups excluding tert-OH is 1. The maximum atomic E-state index is 12.9. The summed E-state index contributed by atoms with van der Waals surface area (Å²) >= 11 is 0. The second-order valence-electron chi connectivity index (χ2n) is 5.79. The topological polar surface area (TPSA) is 47.3 Å². The number of nitriles is 1. The monoisotopic (exact) mass is 290 g/mol. The summed E-state index contributed by atoms with van der Waals surface area (Å²) in [5.74, 6) is -0.0102. The van der Waals surface area contributed by atoms with Crippen molar-refractivity contribution < 1.29 is 9.50 Å². The van der Waals surface area contributed by atoms with Gasteiger partial charge in [-0.3, -0.25) is 0 Å². The van der Waals surface area contributed by atoms with E-state index in [9.17, 15) is 9.50 Å². The van der Waals surface area contributed by atoms with Crippen molar-refractivity contribution in [3.05, 3.63) is 35.6 Å². The Morgan fingerprint density at radius 1 is 1.24 bits per heavy atom. The Bertz CT molecular complexity index is 461. The third-order valence-electron chi connectivity index (χ3n) is 4.30. The summed E-state index contributed by atoms with van der Waals surface area (Å²) < 4.78 is 12.9. The highest BCUT2D eigenvalue weighted by molar-refractivity contribution is 5.19. The van der Waals surface area contributed by atoms with E-state index < -0.39 is 6.10 Å². The van der Waals surface area contributed by atoms with Gasteiger partial charge in [0.15, 0.2) is 0 Å². The molecule has 2 rings (SSSR count). The molecule has 0 saturated carbocycles. The van der Waals surface area contributed by atoms with Gasteiger partial charge in [0.25, 0.3) is 0 Å². The van der Waals surface area contributed by atoms with Crippen LogP contribution in [0, 0.1) is 23.1 Å². The summed E-state index contributed by atoms with van der Waals surface area (Å²) in [6.45, 7) is 3.03. The molecule has 0 spiro atoms. The van der Waals surface area contributed by atoms with Gasteiger partial charge >= 0.3 is 0 Å². The molecule has 0 bridgehead atoms. The number of hydrogen-bond donors (Lipinski definition) is 1. The summed E-state index contributed by atoms with van der Waals surface area (Å²) in [6, 6.07) is 8.33. The van der Waals surface area contributed by atoms with Gasteiger partial charge in [0, 0.05) is 6.42 Å². The molecular formula is C17H23FN2O. The van der Waals surface area contributed by atoms with E-state index in [0.717, 1.165) is 50.9 Å². The Balaban J connectivity index is 1.75. The summed E-state index contributed by atoms with van der Waals surface area (Å²) in [4.78, 5) is 2.41. The highest BCUT2D eigenvalue weighted by atomic mass is 19.1. The average Bonchev–Trinajstić information content (AvgIpc) is 2.52. The van der Waals surface area contributed by atoms with Crippen LogP contribution >= 0.6 is 0 Å². The molecule has 1 aromatic rings. The number of halogens is 1. The molecule has 0 aromatic heterocycles. The normalized spacial score (nSPS) is 18.3. The van der Waals surface area contributed by atoms with Gasteiger partial charge in [-0.25, -0.2) is 4.39 Å². The molecule has 1 aliphatic rings. The molecule has 0 aliphatic carbocycles. The van der Waals surface area contributed by atoms with Crippen LogP contribution < -0.4 is 0 Å². The molecule has 1 unspecified atom stereocenters. The van der Waals surface area contributed by atoms with Crippen molar-refractivity contribution in [3.8, 4) is 6.07 Å². The van der Waals surface area contributed by atoms with Crippen molar-refractivity contribution in [2.75, 3.05) is 19.6 Å². The lowest BCUT2D eigenvalue weighted by atomic mass is 9.87. The van der Waals surface area contributed by atoms with Gasteiger partial charge < -0.3 is 10.0 Å². The van der Waals surface area contributed by atoms with Crippen LogP contribution in [0.3, 0.4) is 0 Å². The van der Waals surface area contributed by atoms with E-state index in [1.807, 2.05) is 0 Å². The number of benzene rings is 1. The number of aliphatic hydroxyl groups is 1. The third-order valence-corrected chi connectivity index (χ3v) is 4.30. The standard InChI is InChI=1S/C17H23FN2O/c18-16-6-4-14(5-7-16)17(21)15-8-12-20(13-9-15)11-3-1-2-10-19/h4-7,15,17,21H,1-3,8-9,11-13H2. The maximum absolute atomic E-state index is 12.9. The highest BCUT2D eigenvalue weighted by Gasteiger charge is 2.25. The number of nitrogens with zero attached hydrogens (tertiary/aromatic N) is 2. The zero-order valence-electron chi connectivity index (χ0n) is 12.3. The maximum Gasteiger partial charge on any atom is 0.123 e. The minimum Gasteiger partial charge on any atom is -0.388 e. The molecular weight excluding hydrogens is 267 g/mol. The lowest BCUT2D eigenvalue weighted by Gasteiger charge is -2.34. The Morgan fingerprint density at radius 3 is 2.52 bits per heavy atom. The minimum atomic E-state index is -0.494. The van der Waals surface area contributed by atoms with E-state index in [1.165, 1.54) is 12.1 Å². The molecule has 3 nitrogen and oxygen atoms in total. The van der Waals surface area contributed by atoms with Crippen molar-refractivity contribution in [1.29, 1.82) is 5.26 Å². The van der Waals surface area contributed by atoms with E-state index in [-0.39, 0.29) is 11.7 Å². The molecule has 1 heterocycles. The van der Waals surface area contributed by atoms with Crippen molar-refractivity contribution in [2.24, 2.45) is 5.92 Å². The predicted molar refractivity (Wildman–Crippen MR) is 80.0 cm³/mol. The van der Waals surface area contributed by atoms with E-state index in [0.29, 0.717) is 6.42 Å². The lowest BCUT2D eigenvalue weighted by Crippen LogP contribution is -2.36. The van der Waals surface area contributed by atoms with Gasteiger partial charge in [-0.15, -0.1) is 0 Å². The van der Waals surface area contributed by atoms with Gasteiger partial charge in [0.2, 0.25) is 0 Å². The average molecular weight is 290 g/mol. The fourth-order valence-corrected chi connectivity index (χ4v) is 2.96. The molecule has 0 radical (unpaired) electrons. The first-order valence-corrected chi connectivity index (χ1v) is 7.73. The lowest BCUT2D eigenvalue weighted by molar-refractivity contribution is 0.0584. The quantitative estimate of drug-likeness (QED) is 0.818. The number of piperidine rings is 1. The predicted octanol–water partition coefficient (Wildman–Crippen LogP) is 3.26. The molecule has 1 N–H and O–H groups in total. The van der Waals surface area contributed by atoms with Gasteiger partial charge in [0.05, 0.1) is 12.2 Å². The second-order valence-corrected chi connectivity index (χ2v) is 5.79. The number of likely N-dealkylation sites (tertiary alicyclic amines) is 1. The van der Waals surface area contributed by atoms with Crippen LogP contribution in [0.2, 0.25) is 0 Å². The Labute approximate surface area is 126 Å². The van der Waals surface area contributed by atoms with Crippen molar-refractivity contribution >= 4 is 0 Å². The molecule has 21 heavy (non-hydrogen) atoms. The van der Waals surface area contributed by atoms with Gasteiger partial charge in [-0.2, -0.15) is 5.26 Å². The third kappa shape index (κ3) is 4.80. The first-order valence-electron chi connectivity index (χ1n) is 7.73. The van der Waals surface area contributed by atoms with Gasteiger partial charge in [0.1, 0.15) is 5.82 Å². The number of hydrogen-bond acceptors (Lipinski definition) is 3. The number of unbranched alkanes of at least 4 members (excludes halogenated alkanes) is 2. The van der Waals surface area contributed by atoms with E-state index >= 15 is 0 Å². The van der Waals surface area contributed by atoms with Crippen molar-refractivity contribution in [3.63, 3.8) is 0 Å². The minimum absolute atomic E-state index is 0.255. The summed E-state index contributed by atoms with van der Waals surface area (Å²) in [7, 11) is 0. The van der Waals surface area contributed by atoms with Gasteiger partial charge in [-0.05, 0) is 68.9 Å². The van der Waals surface area contributed by atoms with E-state index in [4.69, 9.17) is 5.26 Å². The Morgan fingerprint density at radius 2 is 1.90 bits per heavy atom. The molecule has 1 fully saturated rings. The SMILES string of the molecule is N#CCCCCN1CCC(C(O)c2ccc(F)cc2)CC1. The van der Waals surface area contributed by atoms with Crippen LogP contribution in [0.25, 0.3) is 0 Å². The van der Waals surface area contributed by atoms with Gasteiger partial charge in [-0.1, -0.05) is 12.1 Å². The van der Waals surface area contributed by atoms with Crippen molar-refractivity contribution in [2.45, 2.75) is 38.2 Å². The second kappa shape index (κ2) is 8.11. The van der Waals surface area contributed by atoms with Crippen LogP contribution in [0.15, 0.2) is 24.3 Å². The smallest absolute Gasteiger partial charge is 0.123 e. The van der Waals surface area contributed by atoms with Crippen molar-refractivity contribution in [1.82, 2.24) is 4.90 Å². The molecule has 1 aromatic carbocycles. The molecule has 0 amide bonds. The van der Waals surface area contributed by atoms with Crippen LogP contribution in [-0.2, 0) is 0 Å². The number of rotatable bonds is 6. The van der Waals surface area contributed by atoms with E-state index in [1.54, 1.807) is 12.1 Å².